The van der Waals surface area contributed by atoms with E-state index in [0.717, 1.165) is 13.0 Å². The highest BCUT2D eigenvalue weighted by Crippen LogP contribution is 2.05. The summed E-state index contributed by atoms with van der Waals surface area (Å²) >= 11 is 0. The first kappa shape index (κ1) is 6.99. The highest BCUT2D eigenvalue weighted by atomic mass is 16.5. The summed E-state index contributed by atoms with van der Waals surface area (Å²) in [5.74, 6) is 0. The third kappa shape index (κ3) is 1.64. The number of rotatable bonds is 1. The van der Waals surface area contributed by atoms with E-state index in [1.807, 2.05) is 7.05 Å². The van der Waals surface area contributed by atoms with Crippen LogP contribution in [0.15, 0.2) is 0 Å². The molecule has 3 nitrogen and oxygen atoms in total. The first-order valence-corrected chi connectivity index (χ1v) is 3.27. The summed E-state index contributed by atoms with van der Waals surface area (Å²) in [6.45, 7) is 1.24. The maximum absolute atomic E-state index is 9.18. The monoisotopic (exact) mass is 131 g/mol. The second-order valence-electron chi connectivity index (χ2n) is 2.33. The van der Waals surface area contributed by atoms with Crippen LogP contribution in [0, 0.1) is 0 Å². The summed E-state index contributed by atoms with van der Waals surface area (Å²) in [5.41, 5.74) is 0. The molecule has 2 atom stereocenters. The molecule has 0 bridgehead atoms. The molecule has 0 aromatic rings. The van der Waals surface area contributed by atoms with Crippen LogP contribution in [0.1, 0.15) is 6.42 Å². The maximum atomic E-state index is 9.18. The zero-order valence-electron chi connectivity index (χ0n) is 5.63. The molecule has 1 saturated heterocycles. The fourth-order valence-corrected chi connectivity index (χ4v) is 1.06. The minimum atomic E-state index is -0.316. The van der Waals surface area contributed by atoms with Crippen molar-refractivity contribution in [3.8, 4) is 0 Å². The lowest BCUT2D eigenvalue weighted by Gasteiger charge is -2.26. The number of aliphatic hydroxyl groups is 1. The zero-order valence-corrected chi connectivity index (χ0v) is 5.63. The van der Waals surface area contributed by atoms with Crippen molar-refractivity contribution < 1.29 is 9.84 Å². The third-order valence-corrected chi connectivity index (χ3v) is 1.70. The van der Waals surface area contributed by atoms with E-state index in [2.05, 4.69) is 5.32 Å². The number of nitrogens with one attached hydrogen (secondary N) is 1. The Bertz CT molecular complexity index is 87.1. The van der Waals surface area contributed by atoms with E-state index >= 15 is 0 Å². The Morgan fingerprint density at radius 3 is 2.89 bits per heavy atom. The van der Waals surface area contributed by atoms with Crippen LogP contribution < -0.4 is 5.32 Å². The first-order valence-electron chi connectivity index (χ1n) is 3.27. The molecule has 1 heterocycles. The van der Waals surface area contributed by atoms with Gasteiger partial charge in [0.1, 0.15) is 0 Å². The van der Waals surface area contributed by atoms with E-state index in [0.29, 0.717) is 6.61 Å². The van der Waals surface area contributed by atoms with Gasteiger partial charge in [-0.25, -0.2) is 0 Å². The lowest BCUT2D eigenvalue weighted by Crippen LogP contribution is -2.44. The molecule has 54 valence electrons. The van der Waals surface area contributed by atoms with Gasteiger partial charge >= 0.3 is 0 Å². The van der Waals surface area contributed by atoms with Gasteiger partial charge in [0.2, 0.25) is 0 Å². The fraction of sp³-hybridized carbons (Fsp3) is 1.00. The van der Waals surface area contributed by atoms with E-state index < -0.39 is 0 Å². The molecule has 0 aromatic heterocycles. The van der Waals surface area contributed by atoms with Crippen molar-refractivity contribution in [2.75, 3.05) is 20.3 Å². The molecule has 3 heteroatoms. The Hall–Kier alpha value is -0.120. The van der Waals surface area contributed by atoms with Crippen molar-refractivity contribution in [3.63, 3.8) is 0 Å². The lowest BCUT2D eigenvalue weighted by molar-refractivity contribution is -0.0258. The minimum absolute atomic E-state index is 0.235. The van der Waals surface area contributed by atoms with Crippen molar-refractivity contribution in [2.45, 2.75) is 18.6 Å². The smallest absolute Gasteiger partial charge is 0.0926 e. The van der Waals surface area contributed by atoms with Gasteiger partial charge in [-0.2, -0.15) is 0 Å². The molecule has 1 rings (SSSR count). The molecule has 0 saturated carbocycles. The maximum Gasteiger partial charge on any atom is 0.0926 e. The number of ether oxygens (including phenoxy) is 1. The molecule has 0 unspecified atom stereocenters. The van der Waals surface area contributed by atoms with E-state index in [1.54, 1.807) is 0 Å². The van der Waals surface area contributed by atoms with Crippen LogP contribution >= 0.6 is 0 Å². The molecule has 0 aromatic carbocycles. The van der Waals surface area contributed by atoms with E-state index in [9.17, 15) is 5.11 Å². The molecular weight excluding hydrogens is 118 g/mol. The van der Waals surface area contributed by atoms with E-state index in [-0.39, 0.29) is 12.1 Å². The average molecular weight is 131 g/mol. The summed E-state index contributed by atoms with van der Waals surface area (Å²) in [7, 11) is 1.86. The van der Waals surface area contributed by atoms with Crippen LogP contribution in [0.5, 0.6) is 0 Å². The Balaban J connectivity index is 2.30. The highest BCUT2D eigenvalue weighted by molar-refractivity contribution is 4.76. The Kier molecular flexibility index (Phi) is 2.45. The summed E-state index contributed by atoms with van der Waals surface area (Å²) in [5, 5.41) is 12.2. The molecular formula is C6H13NO2. The van der Waals surface area contributed by atoms with Crippen molar-refractivity contribution in [1.82, 2.24) is 5.32 Å². The Morgan fingerprint density at radius 1 is 1.67 bits per heavy atom. The average Bonchev–Trinajstić information content (AvgIpc) is 1.89. The first-order chi connectivity index (χ1) is 4.34. The van der Waals surface area contributed by atoms with Gasteiger partial charge in [-0.15, -0.1) is 0 Å². The molecule has 1 aliphatic heterocycles. The molecule has 2 N–H and O–H groups in total. The standard InChI is InChI=1S/C6H13NO2/c1-7-5-2-3-9-4-6(5)8/h5-8H,2-4H2,1H3/t5-,6+/m0/s1. The van der Waals surface area contributed by atoms with Crippen molar-refractivity contribution in [3.05, 3.63) is 0 Å². The van der Waals surface area contributed by atoms with Gasteiger partial charge in [-0.05, 0) is 13.5 Å². The molecule has 0 radical (unpaired) electrons. The molecule has 9 heavy (non-hydrogen) atoms. The second-order valence-corrected chi connectivity index (χ2v) is 2.33. The van der Waals surface area contributed by atoms with Crippen LogP contribution in [0.4, 0.5) is 0 Å². The number of aliphatic hydroxyl groups excluding tert-OH is 1. The summed E-state index contributed by atoms with van der Waals surface area (Å²) < 4.78 is 5.02. The van der Waals surface area contributed by atoms with Crippen molar-refractivity contribution in [2.24, 2.45) is 0 Å². The van der Waals surface area contributed by atoms with Gasteiger partial charge in [-0.3, -0.25) is 0 Å². The van der Waals surface area contributed by atoms with Crippen LogP contribution in [0.2, 0.25) is 0 Å². The normalized spacial score (nSPS) is 36.7. The minimum Gasteiger partial charge on any atom is -0.389 e. The highest BCUT2D eigenvalue weighted by Gasteiger charge is 2.20. The predicted molar refractivity (Wildman–Crippen MR) is 34.3 cm³/mol. The number of hydrogen-bond donors (Lipinski definition) is 2. The van der Waals surface area contributed by atoms with Gasteiger partial charge in [0.15, 0.2) is 0 Å². The van der Waals surface area contributed by atoms with Crippen LogP contribution in [0.3, 0.4) is 0 Å². The van der Waals surface area contributed by atoms with Gasteiger partial charge < -0.3 is 15.2 Å². The summed E-state index contributed by atoms with van der Waals surface area (Å²) in [6, 6.07) is 0.235. The van der Waals surface area contributed by atoms with Crippen LogP contribution in [-0.2, 0) is 4.74 Å². The quantitative estimate of drug-likeness (QED) is 0.497. The summed E-state index contributed by atoms with van der Waals surface area (Å²) in [6.07, 6.45) is 0.598. The second kappa shape index (κ2) is 3.15. The lowest BCUT2D eigenvalue weighted by atomic mass is 10.1. The summed E-state index contributed by atoms with van der Waals surface area (Å²) in [4.78, 5) is 0. The predicted octanol–water partition coefficient (Wildman–Crippen LogP) is -0.644. The van der Waals surface area contributed by atoms with Crippen LogP contribution in [-0.4, -0.2) is 37.5 Å². The van der Waals surface area contributed by atoms with Gasteiger partial charge in [-0.1, -0.05) is 0 Å². The molecule has 0 spiro atoms. The molecule has 1 aliphatic rings. The Morgan fingerprint density at radius 2 is 2.44 bits per heavy atom. The van der Waals surface area contributed by atoms with E-state index in [4.69, 9.17) is 4.74 Å². The van der Waals surface area contributed by atoms with Crippen LogP contribution in [0.25, 0.3) is 0 Å². The van der Waals surface area contributed by atoms with E-state index in [1.165, 1.54) is 0 Å². The SMILES string of the molecule is CN[C@H]1CCOC[C@H]1O. The molecule has 1 fully saturated rings. The molecule has 0 amide bonds. The van der Waals surface area contributed by atoms with Gasteiger partial charge in [0.05, 0.1) is 12.7 Å². The van der Waals surface area contributed by atoms with Crippen molar-refractivity contribution >= 4 is 0 Å². The van der Waals surface area contributed by atoms with Crippen molar-refractivity contribution in [1.29, 1.82) is 0 Å². The topological polar surface area (TPSA) is 41.5 Å². The fourth-order valence-electron chi connectivity index (χ4n) is 1.06. The number of hydrogen-bond acceptors (Lipinski definition) is 3. The van der Waals surface area contributed by atoms with Gasteiger partial charge in [0, 0.05) is 12.6 Å². The number of likely N-dealkylation sites (N-methyl/N-ethyl adjacent to an activating group) is 1. The third-order valence-electron chi connectivity index (χ3n) is 1.70. The Labute approximate surface area is 55.0 Å². The zero-order chi connectivity index (χ0) is 6.69. The molecule has 0 aliphatic carbocycles. The van der Waals surface area contributed by atoms with Gasteiger partial charge in [0.25, 0.3) is 0 Å². The largest absolute Gasteiger partial charge is 0.389 e.